The predicted octanol–water partition coefficient (Wildman–Crippen LogP) is 4.43. The van der Waals surface area contributed by atoms with Crippen LogP contribution in [0.15, 0.2) is 42.9 Å². The van der Waals surface area contributed by atoms with Crippen LogP contribution in [0.1, 0.15) is 32.0 Å². The lowest BCUT2D eigenvalue weighted by Gasteiger charge is -2.26. The molecule has 1 aliphatic rings. The molecule has 39 heavy (non-hydrogen) atoms. The highest BCUT2D eigenvalue weighted by Crippen LogP contribution is 2.35. The van der Waals surface area contributed by atoms with Crippen LogP contribution in [0.2, 0.25) is 0 Å². The first-order chi connectivity index (χ1) is 18.6. The van der Waals surface area contributed by atoms with E-state index in [4.69, 9.17) is 10.5 Å². The summed E-state index contributed by atoms with van der Waals surface area (Å²) in [7, 11) is 0. The first-order valence-corrected chi connectivity index (χ1v) is 12.6. The molecule has 12 heteroatoms. The van der Waals surface area contributed by atoms with Crippen molar-refractivity contribution < 1.29 is 18.3 Å². The lowest BCUT2D eigenvalue weighted by molar-refractivity contribution is 0.0334. The van der Waals surface area contributed by atoms with E-state index in [-0.39, 0.29) is 22.5 Å². The maximum atomic E-state index is 15.4. The Balaban J connectivity index is 1.42. The Morgan fingerprint density at radius 2 is 1.82 bits per heavy atom. The van der Waals surface area contributed by atoms with Gasteiger partial charge in [0.25, 0.3) is 0 Å². The van der Waals surface area contributed by atoms with Crippen molar-refractivity contribution in [3.05, 3.63) is 65.7 Å². The van der Waals surface area contributed by atoms with Gasteiger partial charge in [-0.1, -0.05) is 20.8 Å². The summed E-state index contributed by atoms with van der Waals surface area (Å²) in [5.41, 5.74) is 8.10. The molecule has 5 rings (SSSR count). The van der Waals surface area contributed by atoms with Gasteiger partial charge >= 0.3 is 6.03 Å². The largest absolute Gasteiger partial charge is 0.382 e. The second-order valence-corrected chi connectivity index (χ2v) is 10.4. The highest BCUT2D eigenvalue weighted by molar-refractivity contribution is 5.99. The number of nitrogens with one attached hydrogen (secondary N) is 2. The van der Waals surface area contributed by atoms with Crippen LogP contribution in [0.5, 0.6) is 0 Å². The fourth-order valence-electron chi connectivity index (χ4n) is 4.52. The van der Waals surface area contributed by atoms with Gasteiger partial charge in [-0.3, -0.25) is 10.2 Å². The number of nitrogen functional groups attached to an aromatic ring is 1. The van der Waals surface area contributed by atoms with Gasteiger partial charge < -0.3 is 15.8 Å². The van der Waals surface area contributed by atoms with E-state index < -0.39 is 17.7 Å². The summed E-state index contributed by atoms with van der Waals surface area (Å²) in [5.74, 6) is -1.13. The van der Waals surface area contributed by atoms with Crippen LogP contribution in [-0.2, 0) is 16.7 Å². The quantitative estimate of drug-likeness (QED) is 0.345. The van der Waals surface area contributed by atoms with Crippen molar-refractivity contribution in [1.82, 2.24) is 24.5 Å². The molecular formula is C27H30F2N8O2. The van der Waals surface area contributed by atoms with Gasteiger partial charge in [-0.05, 0) is 35.2 Å². The van der Waals surface area contributed by atoms with Crippen molar-refractivity contribution in [3.63, 3.8) is 0 Å². The number of carbonyl (C=O) groups is 1. The van der Waals surface area contributed by atoms with Crippen molar-refractivity contribution >= 4 is 28.9 Å². The number of benzene rings is 1. The number of halogens is 2. The van der Waals surface area contributed by atoms with Crippen LogP contribution in [0, 0.1) is 11.6 Å². The molecule has 0 aliphatic carbocycles. The van der Waals surface area contributed by atoms with Crippen LogP contribution in [0.3, 0.4) is 0 Å². The normalized spacial score (nSPS) is 14.5. The fraction of sp³-hybridized carbons (Fsp3) is 0.333. The highest BCUT2D eigenvalue weighted by atomic mass is 19.1. The molecule has 3 aromatic heterocycles. The number of hydrogen-bond donors (Lipinski definition) is 3. The highest BCUT2D eigenvalue weighted by Gasteiger charge is 2.22. The van der Waals surface area contributed by atoms with Crippen molar-refractivity contribution in [2.24, 2.45) is 0 Å². The van der Waals surface area contributed by atoms with Crippen LogP contribution >= 0.6 is 0 Å². The molecule has 1 saturated heterocycles. The van der Waals surface area contributed by atoms with Crippen LogP contribution in [0.4, 0.5) is 30.9 Å². The molecule has 0 radical (unpaired) electrons. The fourth-order valence-corrected chi connectivity index (χ4v) is 4.52. The molecule has 0 atom stereocenters. The minimum Gasteiger partial charge on any atom is -0.382 e. The molecule has 0 saturated carbocycles. The first kappa shape index (κ1) is 26.4. The lowest BCUT2D eigenvalue weighted by atomic mass is 9.88. The van der Waals surface area contributed by atoms with E-state index in [1.807, 2.05) is 26.8 Å². The predicted molar refractivity (Wildman–Crippen MR) is 144 cm³/mol. The maximum absolute atomic E-state index is 15.4. The second kappa shape index (κ2) is 10.5. The molecule has 0 bridgehead atoms. The van der Waals surface area contributed by atoms with Gasteiger partial charge in [-0.2, -0.15) is 5.10 Å². The second-order valence-electron chi connectivity index (χ2n) is 10.4. The lowest BCUT2D eigenvalue weighted by Crippen LogP contribution is -2.36. The zero-order chi connectivity index (χ0) is 27.7. The molecular weight excluding hydrogens is 506 g/mol. The first-order valence-electron chi connectivity index (χ1n) is 12.6. The minimum absolute atomic E-state index is 0.0229. The van der Waals surface area contributed by atoms with Crippen molar-refractivity contribution in [1.29, 1.82) is 0 Å². The Morgan fingerprint density at radius 3 is 2.56 bits per heavy atom. The minimum atomic E-state index is -0.817. The van der Waals surface area contributed by atoms with E-state index in [9.17, 15) is 4.79 Å². The summed E-state index contributed by atoms with van der Waals surface area (Å²) >= 11 is 0. The summed E-state index contributed by atoms with van der Waals surface area (Å²) in [6.07, 6.45) is 2.90. The average Bonchev–Trinajstić information content (AvgIpc) is 3.25. The van der Waals surface area contributed by atoms with Gasteiger partial charge in [0.2, 0.25) is 0 Å². The number of ether oxygens (including phenoxy) is 1. The number of hydrogen-bond acceptors (Lipinski definition) is 7. The summed E-state index contributed by atoms with van der Waals surface area (Å²) < 4.78 is 37.6. The van der Waals surface area contributed by atoms with Crippen molar-refractivity contribution in [2.45, 2.75) is 32.7 Å². The van der Waals surface area contributed by atoms with Gasteiger partial charge in [0.1, 0.15) is 29.3 Å². The van der Waals surface area contributed by atoms with Gasteiger partial charge in [-0.25, -0.2) is 28.1 Å². The number of pyridine rings is 1. The number of rotatable bonds is 5. The number of amides is 2. The van der Waals surface area contributed by atoms with E-state index >= 15 is 8.78 Å². The molecule has 0 spiro atoms. The third-order valence-corrected chi connectivity index (χ3v) is 6.61. The molecule has 4 N–H and O–H groups in total. The SMILES string of the molecule is CC(C)(C)c1ccnc(NC(=O)Nc2cc(F)c(-c3cc(CN4CCOCC4)n4ncnc(N)c34)cc2F)c1. The smallest absolute Gasteiger partial charge is 0.324 e. The zero-order valence-electron chi connectivity index (χ0n) is 22.0. The summed E-state index contributed by atoms with van der Waals surface area (Å²) in [6, 6.07) is 6.55. The molecule has 0 unspecified atom stereocenters. The van der Waals surface area contributed by atoms with E-state index in [1.165, 1.54) is 6.33 Å². The Labute approximate surface area is 224 Å². The number of urea groups is 1. The van der Waals surface area contributed by atoms with Crippen LogP contribution in [-0.4, -0.2) is 56.8 Å². The Hall–Kier alpha value is -4.16. The molecule has 4 heterocycles. The van der Waals surface area contributed by atoms with E-state index in [2.05, 4.69) is 30.6 Å². The van der Waals surface area contributed by atoms with Crippen LogP contribution in [0.25, 0.3) is 16.6 Å². The number of morpholine rings is 1. The number of carbonyl (C=O) groups excluding carboxylic acids is 1. The summed E-state index contributed by atoms with van der Waals surface area (Å²) in [5, 5.41) is 9.24. The number of aromatic nitrogens is 4. The number of fused-ring (bicyclic) bond motifs is 1. The summed E-state index contributed by atoms with van der Waals surface area (Å²) in [6.45, 7) is 9.34. The number of nitrogens with zero attached hydrogens (tertiary/aromatic N) is 5. The monoisotopic (exact) mass is 536 g/mol. The standard InChI is InChI=1S/C27H30F2N8O2/c1-27(2,3)16-4-5-31-23(10-16)35-26(38)34-22-13-20(28)18(12-21(22)29)19-11-17(14-36-6-8-39-9-7-36)37-24(19)25(30)32-15-33-37/h4-5,10-13,15H,6-9,14H2,1-3H3,(H2,30,32,33)(H2,31,34,35,38). The summed E-state index contributed by atoms with van der Waals surface area (Å²) in [4.78, 5) is 22.9. The van der Waals surface area contributed by atoms with Crippen molar-refractivity contribution in [2.75, 3.05) is 42.7 Å². The molecule has 1 aliphatic heterocycles. The maximum Gasteiger partial charge on any atom is 0.324 e. The molecule has 10 nitrogen and oxygen atoms in total. The third kappa shape index (κ3) is 5.66. The van der Waals surface area contributed by atoms with Gasteiger partial charge in [0.05, 0.1) is 24.6 Å². The Morgan fingerprint density at radius 1 is 1.05 bits per heavy atom. The Kier molecular flexibility index (Phi) is 7.15. The van der Waals surface area contributed by atoms with E-state index in [0.717, 1.165) is 36.5 Å². The topological polar surface area (TPSA) is 123 Å². The average molecular weight is 537 g/mol. The molecule has 4 aromatic rings. The number of nitrogens with two attached hydrogens (primary N) is 1. The zero-order valence-corrected chi connectivity index (χ0v) is 22.0. The van der Waals surface area contributed by atoms with E-state index in [1.54, 1.807) is 22.8 Å². The Bertz CT molecular complexity index is 1530. The molecule has 1 aromatic carbocycles. The third-order valence-electron chi connectivity index (χ3n) is 6.61. The van der Waals surface area contributed by atoms with Gasteiger partial charge in [0, 0.05) is 43.0 Å². The molecule has 204 valence electrons. The van der Waals surface area contributed by atoms with Gasteiger partial charge in [0.15, 0.2) is 5.82 Å². The molecule has 2 amide bonds. The number of anilines is 3. The van der Waals surface area contributed by atoms with Crippen LogP contribution < -0.4 is 16.4 Å². The van der Waals surface area contributed by atoms with E-state index in [0.29, 0.717) is 36.7 Å². The molecule has 1 fully saturated rings. The van der Waals surface area contributed by atoms with Crippen molar-refractivity contribution in [3.8, 4) is 11.1 Å². The van der Waals surface area contributed by atoms with Gasteiger partial charge in [-0.15, -0.1) is 0 Å².